The topological polar surface area (TPSA) is 126 Å². The Morgan fingerprint density at radius 2 is 1.97 bits per heavy atom. The van der Waals surface area contributed by atoms with E-state index in [2.05, 4.69) is 10.5 Å². The molecule has 1 aromatic carbocycles. The number of amidine groups is 1. The van der Waals surface area contributed by atoms with Crippen LogP contribution in [0.25, 0.3) is 0 Å². The maximum atomic E-state index is 12.6. The van der Waals surface area contributed by atoms with Crippen molar-refractivity contribution >= 4 is 17.7 Å². The number of nitrogens with zero attached hydrogens (tertiary/aromatic N) is 2. The molecule has 1 aliphatic heterocycles. The SMILES string of the molecule is CCOC(=O)COC1CCN(C(=O)C(C)NCc2ccc(C(N)=NO)cc2)CC1. The van der Waals surface area contributed by atoms with Crippen molar-refractivity contribution in [3.8, 4) is 0 Å². The highest BCUT2D eigenvalue weighted by atomic mass is 16.6. The smallest absolute Gasteiger partial charge is 0.332 e. The van der Waals surface area contributed by atoms with Crippen LogP contribution in [-0.4, -0.2) is 66.3 Å². The van der Waals surface area contributed by atoms with E-state index in [4.69, 9.17) is 20.4 Å². The number of esters is 1. The van der Waals surface area contributed by atoms with Crippen molar-refractivity contribution in [2.45, 2.75) is 45.4 Å². The number of carbonyl (C=O) groups is 2. The number of hydrogen-bond donors (Lipinski definition) is 3. The number of nitrogens with one attached hydrogen (secondary N) is 1. The number of oxime groups is 1. The van der Waals surface area contributed by atoms with Crippen molar-refractivity contribution in [2.24, 2.45) is 10.9 Å². The monoisotopic (exact) mass is 406 g/mol. The molecule has 0 radical (unpaired) electrons. The summed E-state index contributed by atoms with van der Waals surface area (Å²) in [6, 6.07) is 6.93. The Balaban J connectivity index is 1.73. The first-order chi connectivity index (χ1) is 13.9. The van der Waals surface area contributed by atoms with Crippen LogP contribution in [-0.2, 0) is 25.6 Å². The van der Waals surface area contributed by atoms with Gasteiger partial charge in [0, 0.05) is 25.2 Å². The van der Waals surface area contributed by atoms with Crippen molar-refractivity contribution in [1.29, 1.82) is 0 Å². The fourth-order valence-electron chi connectivity index (χ4n) is 3.11. The highest BCUT2D eigenvalue weighted by Crippen LogP contribution is 2.15. The molecule has 9 nitrogen and oxygen atoms in total. The van der Waals surface area contributed by atoms with Gasteiger partial charge >= 0.3 is 5.97 Å². The molecule has 29 heavy (non-hydrogen) atoms. The van der Waals surface area contributed by atoms with Crippen LogP contribution in [0.4, 0.5) is 0 Å². The summed E-state index contributed by atoms with van der Waals surface area (Å²) in [6.07, 6.45) is 1.38. The van der Waals surface area contributed by atoms with Gasteiger partial charge in [-0.05, 0) is 32.3 Å². The van der Waals surface area contributed by atoms with Crippen molar-refractivity contribution in [2.75, 3.05) is 26.3 Å². The van der Waals surface area contributed by atoms with E-state index < -0.39 is 0 Å². The summed E-state index contributed by atoms with van der Waals surface area (Å²) >= 11 is 0. The average molecular weight is 406 g/mol. The normalized spacial score (nSPS) is 16.5. The average Bonchev–Trinajstić information content (AvgIpc) is 2.76. The lowest BCUT2D eigenvalue weighted by Gasteiger charge is -2.33. The zero-order valence-electron chi connectivity index (χ0n) is 17.0. The van der Waals surface area contributed by atoms with E-state index in [1.807, 2.05) is 24.0 Å². The summed E-state index contributed by atoms with van der Waals surface area (Å²) in [5.41, 5.74) is 7.17. The highest BCUT2D eigenvalue weighted by molar-refractivity contribution is 5.96. The van der Waals surface area contributed by atoms with Gasteiger partial charge in [-0.2, -0.15) is 0 Å². The number of carbonyl (C=O) groups excluding carboxylic acids is 2. The van der Waals surface area contributed by atoms with Crippen molar-refractivity contribution in [1.82, 2.24) is 10.2 Å². The van der Waals surface area contributed by atoms with Gasteiger partial charge in [0.15, 0.2) is 5.84 Å². The maximum absolute atomic E-state index is 12.6. The summed E-state index contributed by atoms with van der Waals surface area (Å²) in [4.78, 5) is 25.8. The van der Waals surface area contributed by atoms with E-state index in [0.717, 1.165) is 5.56 Å². The standard InChI is InChI=1S/C20H30N4O5/c1-3-28-18(25)13-29-17-8-10-24(11-9-17)20(26)14(2)22-12-15-4-6-16(7-5-15)19(21)23-27/h4-7,14,17,22,27H,3,8-13H2,1-2H3,(H2,21,23). The number of amides is 1. The van der Waals surface area contributed by atoms with E-state index in [0.29, 0.717) is 44.6 Å². The van der Waals surface area contributed by atoms with Crippen LogP contribution in [0.3, 0.4) is 0 Å². The molecular weight excluding hydrogens is 376 g/mol. The molecule has 9 heteroatoms. The minimum atomic E-state index is -0.358. The molecule has 0 bridgehead atoms. The number of ether oxygens (including phenoxy) is 2. The molecular formula is C20H30N4O5. The summed E-state index contributed by atoms with van der Waals surface area (Å²) in [6.45, 7) is 5.64. The summed E-state index contributed by atoms with van der Waals surface area (Å²) < 4.78 is 10.4. The number of likely N-dealkylation sites (tertiary alicyclic amines) is 1. The van der Waals surface area contributed by atoms with Crippen LogP contribution < -0.4 is 11.1 Å². The van der Waals surface area contributed by atoms with E-state index in [1.165, 1.54) is 0 Å². The van der Waals surface area contributed by atoms with Gasteiger partial charge in [0.1, 0.15) is 6.61 Å². The molecule has 2 rings (SSSR count). The van der Waals surface area contributed by atoms with Crippen LogP contribution in [0.5, 0.6) is 0 Å². The quantitative estimate of drug-likeness (QED) is 0.182. The number of benzene rings is 1. The second kappa shape index (κ2) is 11.4. The first-order valence-electron chi connectivity index (χ1n) is 9.80. The van der Waals surface area contributed by atoms with Crippen LogP contribution in [0.2, 0.25) is 0 Å². The highest BCUT2D eigenvalue weighted by Gasteiger charge is 2.26. The van der Waals surface area contributed by atoms with Gasteiger partial charge in [-0.3, -0.25) is 4.79 Å². The molecule has 1 aromatic rings. The lowest BCUT2D eigenvalue weighted by atomic mass is 10.1. The summed E-state index contributed by atoms with van der Waals surface area (Å²) in [5.74, 6) is -0.256. The molecule has 1 heterocycles. The Hall–Kier alpha value is -2.65. The van der Waals surface area contributed by atoms with E-state index >= 15 is 0 Å². The lowest BCUT2D eigenvalue weighted by Crippen LogP contribution is -2.48. The minimum Gasteiger partial charge on any atom is -0.464 e. The Bertz CT molecular complexity index is 699. The predicted molar refractivity (Wildman–Crippen MR) is 107 cm³/mol. The molecule has 1 saturated heterocycles. The molecule has 0 saturated carbocycles. The third kappa shape index (κ3) is 7.03. The second-order valence-corrected chi connectivity index (χ2v) is 6.93. The zero-order valence-corrected chi connectivity index (χ0v) is 17.0. The van der Waals surface area contributed by atoms with Gasteiger partial charge in [0.2, 0.25) is 5.91 Å². The van der Waals surface area contributed by atoms with Crippen molar-refractivity contribution < 1.29 is 24.3 Å². The van der Waals surface area contributed by atoms with Crippen LogP contribution >= 0.6 is 0 Å². The lowest BCUT2D eigenvalue weighted by molar-refractivity contribution is -0.152. The van der Waals surface area contributed by atoms with Crippen molar-refractivity contribution in [3.05, 3.63) is 35.4 Å². The summed E-state index contributed by atoms with van der Waals surface area (Å²) in [5, 5.41) is 14.9. The van der Waals surface area contributed by atoms with Crippen LogP contribution in [0.1, 0.15) is 37.8 Å². The Kier molecular flexibility index (Phi) is 8.88. The molecule has 4 N–H and O–H groups in total. The maximum Gasteiger partial charge on any atom is 0.332 e. The number of rotatable bonds is 9. The number of nitrogens with two attached hydrogens (primary N) is 1. The fraction of sp³-hybridized carbons (Fsp3) is 0.550. The Labute approximate surface area is 170 Å². The van der Waals surface area contributed by atoms with Gasteiger partial charge in [-0.15, -0.1) is 0 Å². The number of hydrogen-bond acceptors (Lipinski definition) is 7. The molecule has 1 fully saturated rings. The Morgan fingerprint density at radius 1 is 1.31 bits per heavy atom. The van der Waals surface area contributed by atoms with Crippen LogP contribution in [0, 0.1) is 0 Å². The molecule has 1 atom stereocenters. The van der Waals surface area contributed by atoms with Gasteiger partial charge in [-0.25, -0.2) is 4.79 Å². The largest absolute Gasteiger partial charge is 0.464 e. The van der Waals surface area contributed by atoms with Gasteiger partial charge < -0.3 is 30.6 Å². The minimum absolute atomic E-state index is 0.0277. The van der Waals surface area contributed by atoms with E-state index in [-0.39, 0.29) is 36.5 Å². The second-order valence-electron chi connectivity index (χ2n) is 6.93. The molecule has 1 aliphatic rings. The molecule has 0 aliphatic carbocycles. The molecule has 1 unspecified atom stereocenters. The zero-order chi connectivity index (χ0) is 21.2. The fourth-order valence-corrected chi connectivity index (χ4v) is 3.11. The molecule has 1 amide bonds. The number of piperidine rings is 1. The Morgan fingerprint density at radius 3 is 2.55 bits per heavy atom. The third-order valence-corrected chi connectivity index (χ3v) is 4.84. The first kappa shape index (κ1) is 22.6. The van der Waals surface area contributed by atoms with Gasteiger partial charge in [-0.1, -0.05) is 29.4 Å². The van der Waals surface area contributed by atoms with Crippen LogP contribution in [0.15, 0.2) is 29.4 Å². The molecule has 0 spiro atoms. The van der Waals surface area contributed by atoms with Gasteiger partial charge in [0.05, 0.1) is 18.8 Å². The third-order valence-electron chi connectivity index (χ3n) is 4.84. The van der Waals surface area contributed by atoms with Gasteiger partial charge in [0.25, 0.3) is 0 Å². The predicted octanol–water partition coefficient (Wildman–Crippen LogP) is 0.830. The molecule has 0 aromatic heterocycles. The van der Waals surface area contributed by atoms with E-state index in [9.17, 15) is 9.59 Å². The van der Waals surface area contributed by atoms with Crippen molar-refractivity contribution in [3.63, 3.8) is 0 Å². The van der Waals surface area contributed by atoms with E-state index in [1.54, 1.807) is 19.1 Å². The first-order valence-corrected chi connectivity index (χ1v) is 9.80. The molecule has 160 valence electrons. The summed E-state index contributed by atoms with van der Waals surface area (Å²) in [7, 11) is 0.